The maximum Gasteiger partial charge on any atom is 0.289 e. The van der Waals surface area contributed by atoms with E-state index in [1.807, 2.05) is 30.3 Å². The van der Waals surface area contributed by atoms with Crippen molar-refractivity contribution >= 4 is 11.6 Å². The van der Waals surface area contributed by atoms with Crippen LogP contribution in [0.25, 0.3) is 0 Å². The van der Waals surface area contributed by atoms with E-state index >= 15 is 0 Å². The molecule has 0 radical (unpaired) electrons. The van der Waals surface area contributed by atoms with E-state index in [2.05, 4.69) is 23.2 Å². The van der Waals surface area contributed by atoms with E-state index in [9.17, 15) is 4.39 Å². The molecule has 24 heavy (non-hydrogen) atoms. The first kappa shape index (κ1) is 15.4. The van der Waals surface area contributed by atoms with Gasteiger partial charge in [-0.25, -0.2) is 4.98 Å². The van der Waals surface area contributed by atoms with Crippen LogP contribution in [0.5, 0.6) is 0 Å². The van der Waals surface area contributed by atoms with Crippen molar-refractivity contribution in [2.24, 2.45) is 0 Å². The normalized spacial score (nSPS) is 18.2. The Kier molecular flexibility index (Phi) is 4.11. The maximum absolute atomic E-state index is 14.2. The number of hydrogen-bond donors (Lipinski definition) is 0. The van der Waals surface area contributed by atoms with E-state index in [4.69, 9.17) is 11.6 Å². The topological polar surface area (TPSA) is 17.8 Å². The van der Waals surface area contributed by atoms with Gasteiger partial charge in [-0.3, -0.25) is 4.57 Å². The molecule has 4 rings (SSSR count). The average Bonchev–Trinajstić information content (AvgIpc) is 3.02. The quantitative estimate of drug-likeness (QED) is 0.629. The van der Waals surface area contributed by atoms with Gasteiger partial charge in [0.25, 0.3) is 6.08 Å². The van der Waals surface area contributed by atoms with Gasteiger partial charge in [-0.1, -0.05) is 48.5 Å². The molecule has 1 heterocycles. The standard InChI is InChI=1S/C20H18ClFN2/c21-18-9-8-15-12-17(7-6-16(15)13-18)19(14-4-2-1-3-5-14)24-11-10-23-20(24)22/h1-7,10-12,18-19H,8-9,13H2. The van der Waals surface area contributed by atoms with E-state index in [0.717, 1.165) is 30.4 Å². The third kappa shape index (κ3) is 2.84. The Balaban J connectivity index is 1.81. The Hall–Kier alpha value is -2.13. The van der Waals surface area contributed by atoms with Gasteiger partial charge in [0, 0.05) is 17.8 Å². The number of halogens is 2. The molecule has 2 aromatic carbocycles. The van der Waals surface area contributed by atoms with E-state index in [-0.39, 0.29) is 11.4 Å². The second kappa shape index (κ2) is 6.40. The molecule has 0 N–H and O–H groups in total. The number of rotatable bonds is 3. The lowest BCUT2D eigenvalue weighted by molar-refractivity contribution is 0.459. The summed E-state index contributed by atoms with van der Waals surface area (Å²) >= 11 is 6.28. The average molecular weight is 341 g/mol. The van der Waals surface area contributed by atoms with Gasteiger partial charge in [0.05, 0.1) is 6.04 Å². The summed E-state index contributed by atoms with van der Waals surface area (Å²) in [5, 5.41) is 0.222. The Labute approximate surface area is 145 Å². The van der Waals surface area contributed by atoms with Gasteiger partial charge in [-0.15, -0.1) is 11.6 Å². The summed E-state index contributed by atoms with van der Waals surface area (Å²) < 4.78 is 15.8. The van der Waals surface area contributed by atoms with Gasteiger partial charge in [0.1, 0.15) is 0 Å². The molecular formula is C20H18ClFN2. The van der Waals surface area contributed by atoms with Crippen molar-refractivity contribution in [1.82, 2.24) is 9.55 Å². The van der Waals surface area contributed by atoms with E-state index in [1.54, 1.807) is 10.8 Å². The van der Waals surface area contributed by atoms with Gasteiger partial charge in [0.15, 0.2) is 0 Å². The van der Waals surface area contributed by atoms with Crippen LogP contribution in [0.3, 0.4) is 0 Å². The van der Waals surface area contributed by atoms with Crippen molar-refractivity contribution in [3.63, 3.8) is 0 Å². The minimum absolute atomic E-state index is 0.215. The molecular weight excluding hydrogens is 323 g/mol. The van der Waals surface area contributed by atoms with Gasteiger partial charge < -0.3 is 0 Å². The third-order valence-corrected chi connectivity index (χ3v) is 5.10. The second-order valence-electron chi connectivity index (χ2n) is 6.28. The van der Waals surface area contributed by atoms with Crippen molar-refractivity contribution in [2.45, 2.75) is 30.7 Å². The molecule has 122 valence electrons. The Morgan fingerprint density at radius 1 is 1.08 bits per heavy atom. The highest BCUT2D eigenvalue weighted by molar-refractivity contribution is 6.20. The molecule has 0 saturated carbocycles. The van der Waals surface area contributed by atoms with Crippen LogP contribution in [0.15, 0.2) is 60.9 Å². The Bertz CT molecular complexity index is 844. The number of fused-ring (bicyclic) bond motifs is 1. The maximum atomic E-state index is 14.2. The second-order valence-corrected chi connectivity index (χ2v) is 6.90. The first-order valence-electron chi connectivity index (χ1n) is 8.21. The molecule has 0 fully saturated rings. The van der Waals surface area contributed by atoms with Crippen LogP contribution in [0, 0.1) is 6.08 Å². The molecule has 0 spiro atoms. The number of aryl methyl sites for hydroxylation is 1. The summed E-state index contributed by atoms with van der Waals surface area (Å²) in [6.45, 7) is 0. The lowest BCUT2D eigenvalue weighted by Crippen LogP contribution is -2.17. The van der Waals surface area contributed by atoms with Gasteiger partial charge in [-0.2, -0.15) is 4.39 Å². The number of imidazole rings is 1. The highest BCUT2D eigenvalue weighted by atomic mass is 35.5. The summed E-state index contributed by atoms with van der Waals surface area (Å²) in [6.07, 6.45) is 5.61. The predicted molar refractivity (Wildman–Crippen MR) is 94.0 cm³/mol. The van der Waals surface area contributed by atoms with Crippen LogP contribution in [0.1, 0.15) is 34.7 Å². The zero-order valence-corrected chi connectivity index (χ0v) is 14.0. The van der Waals surface area contributed by atoms with E-state index in [1.165, 1.54) is 17.3 Å². The number of nitrogens with zero attached hydrogens (tertiary/aromatic N) is 2. The molecule has 3 aromatic rings. The fourth-order valence-electron chi connectivity index (χ4n) is 3.54. The van der Waals surface area contributed by atoms with Crippen LogP contribution in [0.2, 0.25) is 0 Å². The molecule has 4 heteroatoms. The first-order chi connectivity index (χ1) is 11.7. The van der Waals surface area contributed by atoms with Gasteiger partial charge >= 0.3 is 0 Å². The summed E-state index contributed by atoms with van der Waals surface area (Å²) in [5.41, 5.74) is 4.75. The molecule has 2 unspecified atom stereocenters. The molecule has 0 amide bonds. The monoisotopic (exact) mass is 340 g/mol. The van der Waals surface area contributed by atoms with Gasteiger partial charge in [-0.05, 0) is 41.5 Å². The Morgan fingerprint density at radius 3 is 2.67 bits per heavy atom. The van der Waals surface area contributed by atoms with Gasteiger partial charge in [0.2, 0.25) is 0 Å². The van der Waals surface area contributed by atoms with Crippen LogP contribution >= 0.6 is 11.6 Å². The predicted octanol–water partition coefficient (Wildman–Crippen LogP) is 4.76. The molecule has 2 atom stereocenters. The number of aromatic nitrogens is 2. The summed E-state index contributed by atoms with van der Waals surface area (Å²) in [4.78, 5) is 3.76. The van der Waals surface area contributed by atoms with Crippen LogP contribution in [-0.2, 0) is 12.8 Å². The molecule has 0 aliphatic heterocycles. The summed E-state index contributed by atoms with van der Waals surface area (Å²) in [6, 6.07) is 16.2. The molecule has 0 saturated heterocycles. The molecule has 0 bridgehead atoms. The van der Waals surface area contributed by atoms with Crippen LogP contribution in [0.4, 0.5) is 4.39 Å². The highest BCUT2D eigenvalue weighted by Gasteiger charge is 2.22. The van der Waals surface area contributed by atoms with Crippen molar-refractivity contribution in [3.8, 4) is 0 Å². The molecule has 1 aromatic heterocycles. The molecule has 2 nitrogen and oxygen atoms in total. The summed E-state index contributed by atoms with van der Waals surface area (Å²) in [5.74, 6) is 0. The fourth-order valence-corrected chi connectivity index (χ4v) is 3.81. The van der Waals surface area contributed by atoms with Crippen LogP contribution < -0.4 is 0 Å². The fraction of sp³-hybridized carbons (Fsp3) is 0.250. The minimum Gasteiger partial charge on any atom is -0.296 e. The van der Waals surface area contributed by atoms with Crippen molar-refractivity contribution < 1.29 is 4.39 Å². The molecule has 1 aliphatic rings. The van der Waals surface area contributed by atoms with Crippen LogP contribution in [-0.4, -0.2) is 14.9 Å². The first-order valence-corrected chi connectivity index (χ1v) is 8.65. The van der Waals surface area contributed by atoms with E-state index in [0.29, 0.717) is 0 Å². The number of alkyl halides is 1. The zero-order valence-electron chi connectivity index (χ0n) is 13.2. The van der Waals surface area contributed by atoms with Crippen molar-refractivity contribution in [2.75, 3.05) is 0 Å². The molecule has 1 aliphatic carbocycles. The van der Waals surface area contributed by atoms with Crippen molar-refractivity contribution in [1.29, 1.82) is 0 Å². The highest BCUT2D eigenvalue weighted by Crippen LogP contribution is 2.32. The third-order valence-electron chi connectivity index (χ3n) is 4.73. The zero-order chi connectivity index (χ0) is 16.5. The number of hydrogen-bond acceptors (Lipinski definition) is 1. The largest absolute Gasteiger partial charge is 0.296 e. The summed E-state index contributed by atoms with van der Waals surface area (Å²) in [7, 11) is 0. The Morgan fingerprint density at radius 2 is 1.92 bits per heavy atom. The lowest BCUT2D eigenvalue weighted by atomic mass is 9.87. The van der Waals surface area contributed by atoms with Crippen molar-refractivity contribution in [3.05, 3.63) is 89.3 Å². The SMILES string of the molecule is Fc1nccn1C(c1ccccc1)c1ccc2c(c1)CCC(Cl)C2. The number of benzene rings is 2. The smallest absolute Gasteiger partial charge is 0.289 e. The lowest BCUT2D eigenvalue weighted by Gasteiger charge is -2.24. The van der Waals surface area contributed by atoms with E-state index < -0.39 is 6.08 Å². The minimum atomic E-state index is -0.470.